The zero-order chi connectivity index (χ0) is 30.8. The lowest BCUT2D eigenvalue weighted by molar-refractivity contribution is 0.668. The van der Waals surface area contributed by atoms with E-state index in [4.69, 9.17) is 19.2 Å². The van der Waals surface area contributed by atoms with E-state index in [0.29, 0.717) is 11.4 Å². The topological polar surface area (TPSA) is 74.8 Å². The van der Waals surface area contributed by atoms with Crippen LogP contribution < -0.4 is 0 Å². The lowest BCUT2D eigenvalue weighted by Gasteiger charge is -2.12. The zero-order valence-electron chi connectivity index (χ0n) is 24.6. The number of fused-ring (bicyclic) bond motifs is 9. The van der Waals surface area contributed by atoms with Gasteiger partial charge in [-0.1, -0.05) is 91.0 Å². The van der Waals surface area contributed by atoms with Crippen molar-refractivity contribution in [1.82, 2.24) is 0 Å². The van der Waals surface area contributed by atoms with E-state index in [1.807, 2.05) is 78.9 Å². The van der Waals surface area contributed by atoms with Crippen LogP contribution in [0.25, 0.3) is 76.5 Å². The molecule has 216 valence electrons. The number of rotatable bonds is 3. The molecule has 46 heavy (non-hydrogen) atoms. The fourth-order valence-corrected chi connectivity index (χ4v) is 6.68. The van der Waals surface area contributed by atoms with E-state index in [-0.39, 0.29) is 5.84 Å². The first-order valence-corrected chi connectivity index (χ1v) is 15.1. The number of para-hydroxylation sites is 2. The van der Waals surface area contributed by atoms with Gasteiger partial charge in [-0.2, -0.15) is 0 Å². The quantitative estimate of drug-likeness (QED) is 0.126. The van der Waals surface area contributed by atoms with E-state index in [0.717, 1.165) is 71.3 Å². The van der Waals surface area contributed by atoms with Crippen LogP contribution in [0.1, 0.15) is 11.1 Å². The number of furan rings is 2. The van der Waals surface area contributed by atoms with Crippen molar-refractivity contribution < 1.29 is 8.83 Å². The molecule has 0 spiro atoms. The monoisotopic (exact) mass is 591 g/mol. The minimum absolute atomic E-state index is 0.101. The molecule has 7 aromatic carbocycles. The highest BCUT2D eigenvalue weighted by Gasteiger charge is 2.21. The molecule has 0 atom stereocenters. The summed E-state index contributed by atoms with van der Waals surface area (Å²) in [7, 11) is 0. The Kier molecular flexibility index (Phi) is 5.74. The Morgan fingerprint density at radius 1 is 0.543 bits per heavy atom. The van der Waals surface area contributed by atoms with Gasteiger partial charge in [-0.05, 0) is 81.9 Å². The fraction of sp³-hybridized carbons (Fsp3) is 0. The maximum absolute atomic E-state index is 9.13. The van der Waals surface area contributed by atoms with Crippen LogP contribution in [0, 0.1) is 5.41 Å². The van der Waals surface area contributed by atoms with Gasteiger partial charge in [-0.15, -0.1) is 0 Å². The molecule has 0 aliphatic carbocycles. The Morgan fingerprint density at radius 3 is 2.04 bits per heavy atom. The molecule has 0 fully saturated rings. The second-order valence-electron chi connectivity index (χ2n) is 11.4. The molecule has 0 saturated carbocycles. The average molecular weight is 592 g/mol. The van der Waals surface area contributed by atoms with Crippen molar-refractivity contribution in [2.75, 3.05) is 0 Å². The van der Waals surface area contributed by atoms with Gasteiger partial charge in [-0.25, -0.2) is 9.98 Å². The Balaban J connectivity index is 1.26. The molecule has 0 unspecified atom stereocenters. The smallest absolute Gasteiger partial charge is 0.162 e. The summed E-state index contributed by atoms with van der Waals surface area (Å²) in [5, 5.41) is 17.6. The third kappa shape index (κ3) is 3.99. The SMILES string of the molecule is C=NC(=NC(=N)c1ccc2c(ccc3ccccc32)c1)c1c(-c2ccc3oc4ccccc4c3c2)ccc2oc3ccccc3c12. The highest BCUT2D eigenvalue weighted by molar-refractivity contribution is 6.25. The molecule has 9 rings (SSSR count). The predicted molar refractivity (Wildman–Crippen MR) is 191 cm³/mol. The third-order valence-corrected chi connectivity index (χ3v) is 8.84. The molecule has 5 heteroatoms. The fourth-order valence-electron chi connectivity index (χ4n) is 6.68. The van der Waals surface area contributed by atoms with Gasteiger partial charge in [0.2, 0.25) is 0 Å². The summed E-state index contributed by atoms with van der Waals surface area (Å²) >= 11 is 0. The molecule has 0 bridgehead atoms. The van der Waals surface area contributed by atoms with Crippen molar-refractivity contribution in [3.05, 3.63) is 145 Å². The maximum Gasteiger partial charge on any atom is 0.162 e. The standard InChI is InChI=1S/C41H25N3O2/c1-43-41(44-40(42)27-16-18-29-25(22-27)15-14-24-8-2-3-9-28(24)29)39-30(19-21-37-38(39)32-11-5-7-13-35(32)46-37)26-17-20-36-33(23-26)31-10-4-6-12-34(31)45-36/h2-23,42H,1H2. The highest BCUT2D eigenvalue weighted by atomic mass is 16.3. The Bertz CT molecular complexity index is 2750. The van der Waals surface area contributed by atoms with E-state index in [2.05, 4.69) is 66.3 Å². The van der Waals surface area contributed by atoms with E-state index in [1.165, 1.54) is 10.8 Å². The maximum atomic E-state index is 9.13. The molecule has 2 heterocycles. The summed E-state index contributed by atoms with van der Waals surface area (Å²) < 4.78 is 12.4. The van der Waals surface area contributed by atoms with Gasteiger partial charge in [0.25, 0.3) is 0 Å². The van der Waals surface area contributed by atoms with Crippen molar-refractivity contribution in [1.29, 1.82) is 5.41 Å². The number of hydrogen-bond donors (Lipinski definition) is 1. The van der Waals surface area contributed by atoms with Gasteiger partial charge < -0.3 is 8.83 Å². The number of hydrogen-bond acceptors (Lipinski definition) is 3. The lowest BCUT2D eigenvalue weighted by atomic mass is 9.93. The first-order valence-electron chi connectivity index (χ1n) is 15.1. The molecule has 0 saturated heterocycles. The van der Waals surface area contributed by atoms with Gasteiger partial charge in [0.1, 0.15) is 22.3 Å². The molecule has 9 aromatic rings. The van der Waals surface area contributed by atoms with Gasteiger partial charge in [0.15, 0.2) is 11.7 Å². The van der Waals surface area contributed by atoms with E-state index in [9.17, 15) is 0 Å². The van der Waals surface area contributed by atoms with Crippen LogP contribution in [0.3, 0.4) is 0 Å². The predicted octanol–water partition coefficient (Wildman–Crippen LogP) is 10.9. The summed E-state index contributed by atoms with van der Waals surface area (Å²) in [6, 6.07) is 44.8. The van der Waals surface area contributed by atoms with Gasteiger partial charge in [0, 0.05) is 32.7 Å². The second kappa shape index (κ2) is 10.1. The van der Waals surface area contributed by atoms with Gasteiger partial charge >= 0.3 is 0 Å². The molecule has 2 aromatic heterocycles. The van der Waals surface area contributed by atoms with Crippen LogP contribution in [0.4, 0.5) is 0 Å². The van der Waals surface area contributed by atoms with Crippen molar-refractivity contribution in [2.45, 2.75) is 0 Å². The molecule has 5 nitrogen and oxygen atoms in total. The van der Waals surface area contributed by atoms with Crippen LogP contribution in [0.2, 0.25) is 0 Å². The zero-order valence-corrected chi connectivity index (χ0v) is 24.6. The van der Waals surface area contributed by atoms with Crippen LogP contribution in [-0.2, 0) is 0 Å². The summed E-state index contributed by atoms with van der Waals surface area (Å²) in [5.41, 5.74) is 6.50. The summed E-state index contributed by atoms with van der Waals surface area (Å²) in [5.74, 6) is 0.456. The van der Waals surface area contributed by atoms with Crippen LogP contribution in [0.15, 0.2) is 152 Å². The summed E-state index contributed by atoms with van der Waals surface area (Å²) in [6.45, 7) is 3.93. The Hall–Kier alpha value is -6.33. The van der Waals surface area contributed by atoms with Crippen molar-refractivity contribution in [2.24, 2.45) is 9.98 Å². The minimum Gasteiger partial charge on any atom is -0.456 e. The molecular weight excluding hydrogens is 566 g/mol. The normalized spacial score (nSPS) is 12.2. The van der Waals surface area contributed by atoms with Crippen LogP contribution in [-0.4, -0.2) is 18.4 Å². The first kappa shape index (κ1) is 26.1. The second-order valence-corrected chi connectivity index (χ2v) is 11.4. The third-order valence-electron chi connectivity index (χ3n) is 8.84. The van der Waals surface area contributed by atoms with Crippen molar-refractivity contribution in [3.8, 4) is 11.1 Å². The number of nitrogens with one attached hydrogen (secondary N) is 1. The van der Waals surface area contributed by atoms with E-state index < -0.39 is 0 Å². The largest absolute Gasteiger partial charge is 0.456 e. The number of benzene rings is 7. The first-order chi connectivity index (χ1) is 22.7. The minimum atomic E-state index is 0.101. The number of aliphatic imine (C=N–C) groups is 2. The number of nitrogens with zero attached hydrogens (tertiary/aromatic N) is 2. The summed E-state index contributed by atoms with van der Waals surface area (Å²) in [6.07, 6.45) is 0. The number of amidine groups is 2. The van der Waals surface area contributed by atoms with Crippen molar-refractivity contribution in [3.63, 3.8) is 0 Å². The molecule has 0 radical (unpaired) electrons. The highest BCUT2D eigenvalue weighted by Crippen LogP contribution is 2.40. The van der Waals surface area contributed by atoms with Crippen LogP contribution >= 0.6 is 0 Å². The Labute approximate surface area is 263 Å². The molecule has 0 aliphatic rings. The average Bonchev–Trinajstić information content (AvgIpc) is 3.68. The summed E-state index contributed by atoms with van der Waals surface area (Å²) in [4.78, 5) is 9.29. The molecular formula is C41H25N3O2. The van der Waals surface area contributed by atoms with Crippen LogP contribution in [0.5, 0.6) is 0 Å². The molecule has 0 amide bonds. The van der Waals surface area contributed by atoms with E-state index in [1.54, 1.807) is 0 Å². The molecule has 1 N–H and O–H groups in total. The Morgan fingerprint density at radius 2 is 1.20 bits per heavy atom. The van der Waals surface area contributed by atoms with E-state index >= 15 is 0 Å². The van der Waals surface area contributed by atoms with Gasteiger partial charge in [-0.3, -0.25) is 5.41 Å². The van der Waals surface area contributed by atoms with Crippen molar-refractivity contribution >= 4 is 83.8 Å². The van der Waals surface area contributed by atoms with Gasteiger partial charge in [0.05, 0.1) is 0 Å². The lowest BCUT2D eigenvalue weighted by Crippen LogP contribution is -2.06. The molecule has 0 aliphatic heterocycles.